The van der Waals surface area contributed by atoms with Crippen molar-refractivity contribution in [3.05, 3.63) is 53.0 Å². The molecule has 12 heteroatoms. The van der Waals surface area contributed by atoms with Crippen LogP contribution in [-0.2, 0) is 4.79 Å². The fourth-order valence-corrected chi connectivity index (χ4v) is 4.98. The van der Waals surface area contributed by atoms with Crippen molar-refractivity contribution in [3.8, 4) is 11.5 Å². The molecule has 1 fully saturated rings. The predicted molar refractivity (Wildman–Crippen MR) is 139 cm³/mol. The van der Waals surface area contributed by atoms with E-state index in [0.29, 0.717) is 47.6 Å². The average molecular weight is 546 g/mol. The van der Waals surface area contributed by atoms with Gasteiger partial charge in [0.2, 0.25) is 5.91 Å². The summed E-state index contributed by atoms with van der Waals surface area (Å²) in [6, 6.07) is 3.84. The number of carbonyl (C=O) groups excluding carboxylic acids is 2. The summed E-state index contributed by atoms with van der Waals surface area (Å²) >= 11 is 12.0. The van der Waals surface area contributed by atoms with Gasteiger partial charge in [0, 0.05) is 19.7 Å². The Bertz CT molecular complexity index is 1450. The van der Waals surface area contributed by atoms with Crippen molar-refractivity contribution in [2.75, 3.05) is 37.0 Å². The van der Waals surface area contributed by atoms with E-state index in [4.69, 9.17) is 32.7 Å². The van der Waals surface area contributed by atoms with E-state index in [9.17, 15) is 9.59 Å². The number of halogens is 3. The second kappa shape index (κ2) is 9.68. The third kappa shape index (κ3) is 4.10. The van der Waals surface area contributed by atoms with E-state index in [0.717, 1.165) is 11.3 Å². The first-order valence-electron chi connectivity index (χ1n) is 11.4. The number of nitrogens with zero attached hydrogens (tertiary/aromatic N) is 5. The van der Waals surface area contributed by atoms with E-state index < -0.39 is 11.8 Å². The Morgan fingerprint density at radius 2 is 2.08 bits per heavy atom. The maximum absolute atomic E-state index is 15.2. The number of rotatable bonds is 5. The molecule has 1 atom stereocenters. The third-order valence-corrected chi connectivity index (χ3v) is 7.23. The smallest absolute Gasteiger partial charge is 0.334 e. The first-order valence-corrected chi connectivity index (χ1v) is 12.2. The number of likely N-dealkylation sites (tertiary alicyclic amines) is 1. The van der Waals surface area contributed by atoms with E-state index in [1.807, 2.05) is 0 Å². The number of benzene rings is 2. The molecule has 2 aliphatic rings. The predicted octanol–water partition coefficient (Wildman–Crippen LogP) is 5.35. The quantitative estimate of drug-likeness (QED) is 0.317. The summed E-state index contributed by atoms with van der Waals surface area (Å²) in [6.07, 6.45) is 3.63. The Morgan fingerprint density at radius 3 is 2.81 bits per heavy atom. The Hall–Kier alpha value is -3.63. The van der Waals surface area contributed by atoms with E-state index in [1.165, 1.54) is 43.6 Å². The Morgan fingerprint density at radius 1 is 1.30 bits per heavy atom. The number of carbonyl (C=O) groups is 2. The van der Waals surface area contributed by atoms with Crippen molar-refractivity contribution in [1.29, 1.82) is 0 Å². The number of amides is 3. The molecule has 3 amide bonds. The lowest BCUT2D eigenvalue weighted by molar-refractivity contribution is -0.128. The molecule has 0 bridgehead atoms. The van der Waals surface area contributed by atoms with Gasteiger partial charge in [-0.3, -0.25) is 9.69 Å². The minimum Gasteiger partial charge on any atom is -0.493 e. The van der Waals surface area contributed by atoms with Crippen LogP contribution < -0.4 is 19.3 Å². The average Bonchev–Trinajstić information content (AvgIpc) is 2.91. The van der Waals surface area contributed by atoms with Crippen molar-refractivity contribution in [3.63, 3.8) is 0 Å². The van der Waals surface area contributed by atoms with Crippen molar-refractivity contribution in [2.45, 2.75) is 18.9 Å². The number of aromatic nitrogens is 2. The second-order valence-corrected chi connectivity index (χ2v) is 9.38. The monoisotopic (exact) mass is 545 g/mol. The van der Waals surface area contributed by atoms with Crippen LogP contribution in [0.5, 0.6) is 11.5 Å². The Labute approximate surface area is 222 Å². The fraction of sp³-hybridized carbons (Fsp3) is 0.280. The third-order valence-electron chi connectivity index (χ3n) is 6.45. The van der Waals surface area contributed by atoms with E-state index in [-0.39, 0.29) is 33.6 Å². The molecular weight excluding hydrogens is 524 g/mol. The summed E-state index contributed by atoms with van der Waals surface area (Å²) in [7, 11) is 3.02. The van der Waals surface area contributed by atoms with Gasteiger partial charge in [0.15, 0.2) is 23.1 Å². The number of urea groups is 1. The highest BCUT2D eigenvalue weighted by Gasteiger charge is 2.39. The van der Waals surface area contributed by atoms with Gasteiger partial charge in [-0.25, -0.2) is 24.1 Å². The largest absolute Gasteiger partial charge is 0.493 e. The van der Waals surface area contributed by atoms with Crippen LogP contribution in [0.3, 0.4) is 0 Å². The summed E-state index contributed by atoms with van der Waals surface area (Å²) in [6.45, 7) is 4.51. The number of methoxy groups -OCH3 is 1. The van der Waals surface area contributed by atoms with Crippen molar-refractivity contribution in [2.24, 2.45) is 0 Å². The molecule has 3 heterocycles. The van der Waals surface area contributed by atoms with Gasteiger partial charge in [-0.1, -0.05) is 29.8 Å². The van der Waals surface area contributed by atoms with Crippen LogP contribution >= 0.6 is 23.2 Å². The summed E-state index contributed by atoms with van der Waals surface area (Å²) < 4.78 is 27.2. The number of hydrogen-bond donors (Lipinski definition) is 0. The highest BCUT2D eigenvalue weighted by atomic mass is 35.5. The van der Waals surface area contributed by atoms with Crippen molar-refractivity contribution >= 4 is 63.2 Å². The molecule has 0 spiro atoms. The molecule has 192 valence electrons. The van der Waals surface area contributed by atoms with Crippen LogP contribution in [0, 0.1) is 5.82 Å². The van der Waals surface area contributed by atoms with Crippen LogP contribution in [0.15, 0.2) is 37.2 Å². The van der Waals surface area contributed by atoms with Crippen LogP contribution in [0.2, 0.25) is 10.0 Å². The van der Waals surface area contributed by atoms with Crippen LogP contribution in [0.1, 0.15) is 12.8 Å². The van der Waals surface area contributed by atoms with Gasteiger partial charge in [0.1, 0.15) is 18.1 Å². The first-order chi connectivity index (χ1) is 17.8. The zero-order valence-corrected chi connectivity index (χ0v) is 21.5. The van der Waals surface area contributed by atoms with E-state index in [2.05, 4.69) is 16.5 Å². The van der Waals surface area contributed by atoms with E-state index >= 15 is 4.39 Å². The molecule has 2 aliphatic heterocycles. The zero-order chi connectivity index (χ0) is 26.4. The number of anilines is 3. The molecule has 1 saturated heterocycles. The molecule has 1 aromatic heterocycles. The lowest BCUT2D eigenvalue weighted by Crippen LogP contribution is -2.45. The highest BCUT2D eigenvalue weighted by molar-refractivity contribution is 6.42. The van der Waals surface area contributed by atoms with Gasteiger partial charge in [-0.05, 0) is 31.1 Å². The highest BCUT2D eigenvalue weighted by Crippen LogP contribution is 2.51. The maximum atomic E-state index is 15.2. The second-order valence-electron chi connectivity index (χ2n) is 8.59. The topological polar surface area (TPSA) is 88.1 Å². The molecule has 0 radical (unpaired) electrons. The molecule has 37 heavy (non-hydrogen) atoms. The van der Waals surface area contributed by atoms with Crippen molar-refractivity contribution in [1.82, 2.24) is 14.9 Å². The summed E-state index contributed by atoms with van der Waals surface area (Å²) in [5.74, 6) is -0.227. The van der Waals surface area contributed by atoms with Crippen LogP contribution in [-0.4, -0.2) is 60.2 Å². The van der Waals surface area contributed by atoms with Gasteiger partial charge >= 0.3 is 6.03 Å². The Balaban J connectivity index is 1.67. The van der Waals surface area contributed by atoms with Crippen LogP contribution in [0.25, 0.3) is 10.9 Å². The molecule has 0 N–H and O–H groups in total. The summed E-state index contributed by atoms with van der Waals surface area (Å²) in [5.41, 5.74) is 0.723. The van der Waals surface area contributed by atoms with Gasteiger partial charge in [-0.2, -0.15) is 0 Å². The standard InChI is InChI=1S/C25H22Cl2FN5O4/c1-4-18(34)32-9-5-6-13(11-32)37-23-17(36-3)10-15-19-22(23)31(2)25(35)33(24(19)30-12-29-15)16-8-7-14(26)20(27)21(16)28/h4,7-8,10,12-13H,1,5-6,9,11H2,2-3H3/t13-/m1/s1. The SMILES string of the molecule is C=CC(=O)N1CCC[C@@H](Oc2c(OC)cc3ncnc4c3c2N(C)C(=O)N4c2ccc(Cl)c(Cl)c2F)C1. The fourth-order valence-electron chi connectivity index (χ4n) is 4.67. The number of piperidine rings is 1. The molecule has 0 aliphatic carbocycles. The molecule has 0 saturated carbocycles. The van der Waals surface area contributed by atoms with Crippen molar-refractivity contribution < 1.29 is 23.5 Å². The normalized spacial score (nSPS) is 17.3. The molecule has 3 aromatic rings. The lowest BCUT2D eigenvalue weighted by Gasteiger charge is -2.37. The lowest BCUT2D eigenvalue weighted by atomic mass is 10.1. The first kappa shape index (κ1) is 25.0. The zero-order valence-electron chi connectivity index (χ0n) is 20.0. The molecule has 9 nitrogen and oxygen atoms in total. The van der Waals surface area contributed by atoms with Crippen LogP contribution in [0.4, 0.5) is 26.4 Å². The minimum absolute atomic E-state index is 0.0193. The minimum atomic E-state index is -0.856. The molecule has 5 rings (SSSR count). The Kier molecular flexibility index (Phi) is 6.55. The maximum Gasteiger partial charge on any atom is 0.334 e. The van der Waals surface area contributed by atoms with Gasteiger partial charge in [0.25, 0.3) is 0 Å². The molecule has 2 aromatic carbocycles. The van der Waals surface area contributed by atoms with Gasteiger partial charge in [-0.15, -0.1) is 0 Å². The molecule has 0 unspecified atom stereocenters. The number of hydrogen-bond acceptors (Lipinski definition) is 6. The molecular formula is C25H22Cl2FN5O4. The van der Waals surface area contributed by atoms with Gasteiger partial charge in [0.05, 0.1) is 40.3 Å². The van der Waals surface area contributed by atoms with Gasteiger partial charge < -0.3 is 14.4 Å². The number of ether oxygens (including phenoxy) is 2. The summed E-state index contributed by atoms with van der Waals surface area (Å²) in [4.78, 5) is 38.7. The summed E-state index contributed by atoms with van der Waals surface area (Å²) in [5, 5.41) is 0.173. The van der Waals surface area contributed by atoms with E-state index in [1.54, 1.807) is 11.0 Å².